The van der Waals surface area contributed by atoms with Gasteiger partial charge in [-0.2, -0.15) is 0 Å². The quantitative estimate of drug-likeness (QED) is 0.651. The van der Waals surface area contributed by atoms with E-state index in [-0.39, 0.29) is 18.0 Å². The number of urea groups is 1. The smallest absolute Gasteiger partial charge is 0.323 e. The van der Waals surface area contributed by atoms with E-state index >= 15 is 0 Å². The fourth-order valence-electron chi connectivity index (χ4n) is 4.13. The highest BCUT2D eigenvalue weighted by Gasteiger charge is 2.22. The Bertz CT molecular complexity index is 891. The van der Waals surface area contributed by atoms with Gasteiger partial charge in [0.15, 0.2) is 0 Å². The number of carbonyl (C=O) groups excluding carboxylic acids is 2. The average molecular weight is 423 g/mol. The minimum atomic E-state index is -0.345. The average Bonchev–Trinajstić information content (AvgIpc) is 3.32. The highest BCUT2D eigenvalue weighted by Crippen LogP contribution is 2.27. The molecule has 3 amide bonds. The van der Waals surface area contributed by atoms with Crippen molar-refractivity contribution in [2.45, 2.75) is 38.2 Å². The monoisotopic (exact) mass is 422 g/mol. The van der Waals surface area contributed by atoms with E-state index in [1.165, 1.54) is 6.42 Å². The van der Waals surface area contributed by atoms with Gasteiger partial charge in [0.2, 0.25) is 0 Å². The van der Waals surface area contributed by atoms with Crippen LogP contribution in [0, 0.1) is 0 Å². The van der Waals surface area contributed by atoms with Crippen LogP contribution in [0.15, 0.2) is 48.5 Å². The Labute approximate surface area is 183 Å². The van der Waals surface area contributed by atoms with Crippen LogP contribution in [0.3, 0.4) is 0 Å². The molecule has 4 rings (SSSR count). The predicted octanol–water partition coefficient (Wildman–Crippen LogP) is 4.23. The molecular weight excluding hydrogens is 392 g/mol. The van der Waals surface area contributed by atoms with Crippen molar-refractivity contribution in [3.05, 3.63) is 54.1 Å². The summed E-state index contributed by atoms with van der Waals surface area (Å²) < 4.78 is 5.63. The molecule has 0 saturated carbocycles. The zero-order chi connectivity index (χ0) is 21.5. The second kappa shape index (κ2) is 10.3. The summed E-state index contributed by atoms with van der Waals surface area (Å²) in [7, 11) is 0. The van der Waals surface area contributed by atoms with Crippen LogP contribution in [0.5, 0.6) is 0 Å². The van der Waals surface area contributed by atoms with Gasteiger partial charge >= 0.3 is 6.03 Å². The summed E-state index contributed by atoms with van der Waals surface area (Å²) in [5.41, 5.74) is 2.78. The Morgan fingerprint density at radius 2 is 1.71 bits per heavy atom. The summed E-state index contributed by atoms with van der Waals surface area (Å²) in [5, 5.41) is 8.66. The molecule has 2 aliphatic rings. The van der Waals surface area contributed by atoms with Crippen molar-refractivity contribution in [3.8, 4) is 0 Å². The van der Waals surface area contributed by atoms with E-state index in [0.29, 0.717) is 23.5 Å². The van der Waals surface area contributed by atoms with Crippen molar-refractivity contribution in [1.82, 2.24) is 5.32 Å². The SMILES string of the molecule is O=C(Nc1ccccc1)Nc1ccc(N2CCCCC2)c(C(=O)NCC2CCCO2)c1. The Hall–Kier alpha value is -3.06. The molecule has 2 aromatic carbocycles. The van der Waals surface area contributed by atoms with Crippen molar-refractivity contribution in [1.29, 1.82) is 0 Å². The van der Waals surface area contributed by atoms with Gasteiger partial charge in [-0.3, -0.25) is 4.79 Å². The number of piperidine rings is 1. The van der Waals surface area contributed by atoms with Gasteiger partial charge in [-0.1, -0.05) is 18.2 Å². The van der Waals surface area contributed by atoms with Gasteiger partial charge in [0.05, 0.1) is 11.7 Å². The number of carbonyl (C=O) groups is 2. The van der Waals surface area contributed by atoms with Crippen LogP contribution < -0.4 is 20.9 Å². The molecule has 0 bridgehead atoms. The van der Waals surface area contributed by atoms with E-state index in [4.69, 9.17) is 4.74 Å². The lowest BCUT2D eigenvalue weighted by Crippen LogP contribution is -2.35. The van der Waals surface area contributed by atoms with E-state index < -0.39 is 0 Å². The topological polar surface area (TPSA) is 82.7 Å². The van der Waals surface area contributed by atoms with Crippen molar-refractivity contribution >= 4 is 29.0 Å². The highest BCUT2D eigenvalue weighted by atomic mass is 16.5. The molecule has 0 aromatic heterocycles. The third-order valence-electron chi connectivity index (χ3n) is 5.74. The number of benzene rings is 2. The summed E-state index contributed by atoms with van der Waals surface area (Å²) in [6.45, 7) is 3.14. The van der Waals surface area contributed by atoms with Gasteiger partial charge in [0, 0.05) is 43.3 Å². The van der Waals surface area contributed by atoms with Crippen molar-refractivity contribution in [2.75, 3.05) is 41.8 Å². The van der Waals surface area contributed by atoms with Crippen LogP contribution in [0.4, 0.5) is 21.9 Å². The Morgan fingerprint density at radius 3 is 2.45 bits per heavy atom. The van der Waals surface area contributed by atoms with E-state index in [1.807, 2.05) is 42.5 Å². The molecule has 164 valence electrons. The molecular formula is C24H30N4O3. The maximum atomic E-state index is 13.1. The van der Waals surface area contributed by atoms with Crippen molar-refractivity contribution in [3.63, 3.8) is 0 Å². The summed E-state index contributed by atoms with van der Waals surface area (Å²) in [4.78, 5) is 27.7. The van der Waals surface area contributed by atoms with Crippen LogP contribution in [-0.2, 0) is 4.74 Å². The lowest BCUT2D eigenvalue weighted by molar-refractivity contribution is 0.0858. The van der Waals surface area contributed by atoms with Gasteiger partial charge in [0.25, 0.3) is 5.91 Å². The third-order valence-corrected chi connectivity index (χ3v) is 5.74. The number of hydrogen-bond donors (Lipinski definition) is 3. The molecule has 2 aliphatic heterocycles. The molecule has 0 aliphatic carbocycles. The lowest BCUT2D eigenvalue weighted by atomic mass is 10.1. The van der Waals surface area contributed by atoms with Crippen LogP contribution in [0.25, 0.3) is 0 Å². The fraction of sp³-hybridized carbons (Fsp3) is 0.417. The van der Waals surface area contributed by atoms with Crippen LogP contribution in [0.2, 0.25) is 0 Å². The molecule has 1 unspecified atom stereocenters. The molecule has 1 atom stereocenters. The first kappa shape index (κ1) is 21.2. The van der Waals surface area contributed by atoms with Gasteiger partial charge in [0.1, 0.15) is 0 Å². The molecule has 7 heteroatoms. The number of anilines is 3. The number of rotatable bonds is 6. The third kappa shape index (κ3) is 5.76. The van der Waals surface area contributed by atoms with Gasteiger partial charge < -0.3 is 25.6 Å². The number of ether oxygens (including phenoxy) is 1. The molecule has 7 nitrogen and oxygen atoms in total. The van der Waals surface area contributed by atoms with Crippen molar-refractivity contribution < 1.29 is 14.3 Å². The Balaban J connectivity index is 1.49. The first-order valence-electron chi connectivity index (χ1n) is 11.1. The van der Waals surface area contributed by atoms with Crippen LogP contribution in [-0.4, -0.2) is 44.3 Å². The molecule has 0 spiro atoms. The summed E-state index contributed by atoms with van der Waals surface area (Å²) >= 11 is 0. The summed E-state index contributed by atoms with van der Waals surface area (Å²) in [6.07, 6.45) is 5.56. The van der Waals surface area contributed by atoms with Crippen molar-refractivity contribution in [2.24, 2.45) is 0 Å². The number of amides is 3. The molecule has 2 fully saturated rings. The van der Waals surface area contributed by atoms with E-state index in [9.17, 15) is 9.59 Å². The van der Waals surface area contributed by atoms with E-state index in [1.54, 1.807) is 6.07 Å². The first-order chi connectivity index (χ1) is 15.2. The van der Waals surface area contributed by atoms with Crippen LogP contribution >= 0.6 is 0 Å². The maximum absolute atomic E-state index is 13.1. The fourth-order valence-corrected chi connectivity index (χ4v) is 4.13. The van der Waals surface area contributed by atoms with Gasteiger partial charge in [-0.25, -0.2) is 4.79 Å². The molecule has 2 heterocycles. The molecule has 31 heavy (non-hydrogen) atoms. The number of nitrogens with one attached hydrogen (secondary N) is 3. The minimum Gasteiger partial charge on any atom is -0.376 e. The zero-order valence-electron chi connectivity index (χ0n) is 17.7. The van der Waals surface area contributed by atoms with Gasteiger partial charge in [-0.15, -0.1) is 0 Å². The van der Waals surface area contributed by atoms with E-state index in [2.05, 4.69) is 20.9 Å². The molecule has 3 N–H and O–H groups in total. The number of hydrogen-bond acceptors (Lipinski definition) is 4. The Kier molecular flexibility index (Phi) is 7.04. The standard InChI is InChI=1S/C24H30N4O3/c29-23(25-17-20-10-7-15-31-20)21-16-19(11-12-22(21)28-13-5-2-6-14-28)27-24(30)26-18-8-3-1-4-9-18/h1,3-4,8-9,11-12,16,20H,2,5-7,10,13-15,17H2,(H,25,29)(H2,26,27,30). The normalized spacial score (nSPS) is 18.5. The Morgan fingerprint density at radius 1 is 0.935 bits per heavy atom. The molecule has 0 radical (unpaired) electrons. The largest absolute Gasteiger partial charge is 0.376 e. The second-order valence-corrected chi connectivity index (χ2v) is 8.07. The highest BCUT2D eigenvalue weighted by molar-refractivity contribution is 6.04. The van der Waals surface area contributed by atoms with Gasteiger partial charge in [-0.05, 0) is 62.4 Å². The number of nitrogens with zero attached hydrogens (tertiary/aromatic N) is 1. The minimum absolute atomic E-state index is 0.0837. The maximum Gasteiger partial charge on any atom is 0.323 e. The van der Waals surface area contributed by atoms with Crippen LogP contribution in [0.1, 0.15) is 42.5 Å². The second-order valence-electron chi connectivity index (χ2n) is 8.07. The number of para-hydroxylation sites is 1. The predicted molar refractivity (Wildman–Crippen MR) is 123 cm³/mol. The summed E-state index contributed by atoms with van der Waals surface area (Å²) in [5.74, 6) is -0.136. The lowest BCUT2D eigenvalue weighted by Gasteiger charge is -2.30. The summed E-state index contributed by atoms with van der Waals surface area (Å²) in [6, 6.07) is 14.5. The van der Waals surface area contributed by atoms with E-state index in [0.717, 1.165) is 51.1 Å². The molecule has 2 saturated heterocycles. The zero-order valence-corrected chi connectivity index (χ0v) is 17.7. The first-order valence-corrected chi connectivity index (χ1v) is 11.1. The molecule has 2 aromatic rings.